The predicted molar refractivity (Wildman–Crippen MR) is 116 cm³/mol. The molecule has 1 aliphatic heterocycles. The largest absolute Gasteiger partial charge is 0.507 e. The predicted octanol–water partition coefficient (Wildman–Crippen LogP) is 3.96. The molecule has 0 aliphatic carbocycles. The summed E-state index contributed by atoms with van der Waals surface area (Å²) in [5, 5.41) is 15.0. The molecule has 1 saturated heterocycles. The summed E-state index contributed by atoms with van der Waals surface area (Å²) in [4.78, 5) is 19.2. The topological polar surface area (TPSA) is 83.9 Å². The van der Waals surface area contributed by atoms with Gasteiger partial charge in [-0.25, -0.2) is 4.79 Å². The first-order chi connectivity index (χ1) is 14.6. The van der Waals surface area contributed by atoms with Crippen molar-refractivity contribution < 1.29 is 19.4 Å². The first-order valence-corrected chi connectivity index (χ1v) is 9.99. The number of rotatable bonds is 5. The first kappa shape index (κ1) is 20.4. The van der Waals surface area contributed by atoms with E-state index in [1.807, 2.05) is 18.3 Å². The van der Waals surface area contributed by atoms with E-state index in [9.17, 15) is 9.90 Å². The third-order valence-electron chi connectivity index (χ3n) is 5.10. The van der Waals surface area contributed by atoms with Gasteiger partial charge in [-0.3, -0.25) is 9.88 Å². The van der Waals surface area contributed by atoms with Crippen LogP contribution in [0.15, 0.2) is 42.6 Å². The van der Waals surface area contributed by atoms with Gasteiger partial charge in [-0.15, -0.1) is 0 Å². The second-order valence-electron chi connectivity index (χ2n) is 7.02. The molecule has 1 fully saturated rings. The lowest BCUT2D eigenvalue weighted by atomic mass is 10.1. The van der Waals surface area contributed by atoms with Crippen LogP contribution in [0.5, 0.6) is 5.75 Å². The normalized spacial score (nSPS) is 14.6. The van der Waals surface area contributed by atoms with Crippen molar-refractivity contribution in [1.29, 1.82) is 0 Å². The van der Waals surface area contributed by atoms with Crippen LogP contribution < -0.4 is 5.32 Å². The van der Waals surface area contributed by atoms with E-state index in [4.69, 9.17) is 21.1 Å². The number of anilines is 2. The van der Waals surface area contributed by atoms with Crippen molar-refractivity contribution in [2.75, 3.05) is 38.7 Å². The molecule has 0 radical (unpaired) electrons. The number of benzene rings is 2. The number of aromatic nitrogens is 1. The Morgan fingerprint density at radius 3 is 2.87 bits per heavy atom. The Labute approximate surface area is 179 Å². The Kier molecular flexibility index (Phi) is 6.03. The van der Waals surface area contributed by atoms with Crippen LogP contribution in [0, 0.1) is 0 Å². The molecule has 156 valence electrons. The lowest BCUT2D eigenvalue weighted by molar-refractivity contribution is 0.0342. The molecule has 0 bridgehead atoms. The molecule has 0 spiro atoms. The van der Waals surface area contributed by atoms with Crippen LogP contribution in [0.25, 0.3) is 10.9 Å². The van der Waals surface area contributed by atoms with Crippen molar-refractivity contribution in [1.82, 2.24) is 9.88 Å². The summed E-state index contributed by atoms with van der Waals surface area (Å²) in [6, 6.07) is 10.3. The number of phenols is 1. The van der Waals surface area contributed by atoms with E-state index >= 15 is 0 Å². The highest BCUT2D eigenvalue weighted by Gasteiger charge is 2.20. The molecule has 7 nitrogen and oxygen atoms in total. The van der Waals surface area contributed by atoms with Gasteiger partial charge in [0.05, 0.1) is 37.2 Å². The Bertz CT molecular complexity index is 1080. The minimum absolute atomic E-state index is 0.0734. The highest BCUT2D eigenvalue weighted by Crippen LogP contribution is 2.35. The first-order valence-electron chi connectivity index (χ1n) is 9.61. The van der Waals surface area contributed by atoms with Crippen LogP contribution in [0.4, 0.5) is 11.4 Å². The lowest BCUT2D eigenvalue weighted by Gasteiger charge is -2.28. The summed E-state index contributed by atoms with van der Waals surface area (Å²) in [6.45, 7) is 3.69. The molecule has 0 saturated carbocycles. The molecule has 8 heteroatoms. The fraction of sp³-hybridized carbons (Fsp3) is 0.273. The van der Waals surface area contributed by atoms with E-state index in [0.29, 0.717) is 30.5 Å². The van der Waals surface area contributed by atoms with Gasteiger partial charge < -0.3 is 19.9 Å². The monoisotopic (exact) mass is 427 g/mol. The van der Waals surface area contributed by atoms with Crippen molar-refractivity contribution in [3.05, 3.63) is 58.7 Å². The quantitative estimate of drug-likeness (QED) is 0.596. The van der Waals surface area contributed by atoms with Gasteiger partial charge in [0.25, 0.3) is 0 Å². The number of hydrogen-bond donors (Lipinski definition) is 2. The summed E-state index contributed by atoms with van der Waals surface area (Å²) in [5.41, 5.74) is 3.02. The van der Waals surface area contributed by atoms with Gasteiger partial charge in [-0.2, -0.15) is 0 Å². The molecular formula is C22H22ClN3O4. The van der Waals surface area contributed by atoms with E-state index in [0.717, 1.165) is 35.2 Å². The van der Waals surface area contributed by atoms with Crippen LogP contribution in [-0.2, 0) is 16.0 Å². The molecule has 2 aromatic carbocycles. The number of morpholine rings is 1. The van der Waals surface area contributed by atoms with E-state index in [2.05, 4.69) is 15.2 Å². The molecule has 30 heavy (non-hydrogen) atoms. The number of pyridine rings is 1. The van der Waals surface area contributed by atoms with Crippen molar-refractivity contribution in [3.8, 4) is 5.75 Å². The number of methoxy groups -OCH3 is 1. The van der Waals surface area contributed by atoms with Crippen LogP contribution in [0.3, 0.4) is 0 Å². The molecule has 1 aromatic heterocycles. The minimum atomic E-state index is -0.623. The van der Waals surface area contributed by atoms with Crippen molar-refractivity contribution in [2.45, 2.75) is 6.54 Å². The fourth-order valence-corrected chi connectivity index (χ4v) is 3.74. The average molecular weight is 428 g/mol. The fourth-order valence-electron chi connectivity index (χ4n) is 3.57. The van der Waals surface area contributed by atoms with Gasteiger partial charge in [0.2, 0.25) is 0 Å². The second-order valence-corrected chi connectivity index (χ2v) is 7.46. The Morgan fingerprint density at radius 2 is 2.10 bits per heavy atom. The standard InChI is InChI=1S/C22H22ClN3O4/c1-29-22(28)20-18(3-2-4-19(20)27)25-21-14(13-26-7-9-30-10-8-26)12-24-17-6-5-15(23)11-16(17)21/h2-6,11-12,27H,7-10,13H2,1H3,(H,24,25). The zero-order valence-corrected chi connectivity index (χ0v) is 17.3. The molecular weight excluding hydrogens is 406 g/mol. The summed E-state index contributed by atoms with van der Waals surface area (Å²) < 4.78 is 10.3. The van der Waals surface area contributed by atoms with Crippen LogP contribution in [0.2, 0.25) is 5.02 Å². The number of phenolic OH excluding ortho intramolecular Hbond substituents is 1. The summed E-state index contributed by atoms with van der Waals surface area (Å²) >= 11 is 6.27. The van der Waals surface area contributed by atoms with Crippen molar-refractivity contribution in [3.63, 3.8) is 0 Å². The molecule has 4 rings (SSSR count). The SMILES string of the molecule is COC(=O)c1c(O)cccc1Nc1c(CN2CCOCC2)cnc2ccc(Cl)cc12. The van der Waals surface area contributed by atoms with Gasteiger partial charge in [-0.05, 0) is 30.3 Å². The molecule has 2 N–H and O–H groups in total. The smallest absolute Gasteiger partial charge is 0.343 e. The van der Waals surface area contributed by atoms with Gasteiger partial charge in [0, 0.05) is 41.8 Å². The van der Waals surface area contributed by atoms with E-state index in [-0.39, 0.29) is 11.3 Å². The number of halogens is 1. The number of aromatic hydroxyl groups is 1. The molecule has 3 aromatic rings. The molecule has 0 amide bonds. The van der Waals surface area contributed by atoms with Crippen LogP contribution >= 0.6 is 11.6 Å². The van der Waals surface area contributed by atoms with Crippen LogP contribution in [-0.4, -0.2) is 54.4 Å². The summed E-state index contributed by atoms with van der Waals surface area (Å²) in [5.74, 6) is -0.778. The minimum Gasteiger partial charge on any atom is -0.507 e. The van der Waals surface area contributed by atoms with E-state index in [1.165, 1.54) is 13.2 Å². The number of hydrogen-bond acceptors (Lipinski definition) is 7. The lowest BCUT2D eigenvalue weighted by Crippen LogP contribution is -2.35. The second kappa shape index (κ2) is 8.87. The Hall–Kier alpha value is -2.87. The van der Waals surface area contributed by atoms with Crippen molar-refractivity contribution >= 4 is 39.8 Å². The summed E-state index contributed by atoms with van der Waals surface area (Å²) in [6.07, 6.45) is 1.83. The zero-order chi connectivity index (χ0) is 21.1. The third kappa shape index (κ3) is 4.18. The van der Waals surface area contributed by atoms with E-state index < -0.39 is 5.97 Å². The van der Waals surface area contributed by atoms with E-state index in [1.54, 1.807) is 18.2 Å². The zero-order valence-electron chi connectivity index (χ0n) is 16.5. The number of esters is 1. The maximum absolute atomic E-state index is 12.3. The number of ether oxygens (including phenoxy) is 2. The third-order valence-corrected chi connectivity index (χ3v) is 5.33. The Morgan fingerprint density at radius 1 is 1.30 bits per heavy atom. The summed E-state index contributed by atoms with van der Waals surface area (Å²) in [7, 11) is 1.28. The van der Waals surface area contributed by atoms with Gasteiger partial charge >= 0.3 is 5.97 Å². The highest BCUT2D eigenvalue weighted by atomic mass is 35.5. The maximum Gasteiger partial charge on any atom is 0.343 e. The number of fused-ring (bicyclic) bond motifs is 1. The number of carbonyl (C=O) groups is 1. The van der Waals surface area contributed by atoms with Gasteiger partial charge in [0.1, 0.15) is 11.3 Å². The van der Waals surface area contributed by atoms with Crippen molar-refractivity contribution in [2.24, 2.45) is 0 Å². The molecule has 0 atom stereocenters. The van der Waals surface area contributed by atoms with Gasteiger partial charge in [0.15, 0.2) is 0 Å². The average Bonchev–Trinajstić information content (AvgIpc) is 2.76. The maximum atomic E-state index is 12.3. The Balaban J connectivity index is 1.82. The highest BCUT2D eigenvalue weighted by molar-refractivity contribution is 6.31. The molecule has 1 aliphatic rings. The number of carbonyl (C=O) groups excluding carboxylic acids is 1. The number of nitrogens with one attached hydrogen (secondary N) is 1. The van der Waals surface area contributed by atoms with Crippen LogP contribution in [0.1, 0.15) is 15.9 Å². The molecule has 0 unspecified atom stereocenters. The van der Waals surface area contributed by atoms with Gasteiger partial charge in [-0.1, -0.05) is 17.7 Å². The molecule has 2 heterocycles. The number of nitrogens with zero attached hydrogens (tertiary/aromatic N) is 2.